The van der Waals surface area contributed by atoms with E-state index in [0.717, 1.165) is 0 Å². The molecular formula is C14H27N3O4. The molecule has 0 atom stereocenters. The van der Waals surface area contributed by atoms with Crippen LogP contribution in [0, 0.1) is 5.92 Å². The van der Waals surface area contributed by atoms with Crippen LogP contribution in [0.15, 0.2) is 0 Å². The van der Waals surface area contributed by atoms with Crippen LogP contribution in [0.25, 0.3) is 0 Å². The van der Waals surface area contributed by atoms with Crippen LogP contribution in [-0.4, -0.2) is 53.1 Å². The van der Waals surface area contributed by atoms with Gasteiger partial charge in [0, 0.05) is 26.1 Å². The van der Waals surface area contributed by atoms with Crippen molar-refractivity contribution >= 4 is 17.9 Å². The first kappa shape index (κ1) is 19.2. The monoisotopic (exact) mass is 301 g/mol. The first-order valence-corrected chi connectivity index (χ1v) is 7.18. The van der Waals surface area contributed by atoms with Gasteiger partial charge in [-0.05, 0) is 26.7 Å². The van der Waals surface area contributed by atoms with Gasteiger partial charge in [0.05, 0.1) is 0 Å². The quantitative estimate of drug-likeness (QED) is 0.624. The zero-order chi connectivity index (χ0) is 16.6. The summed E-state index contributed by atoms with van der Waals surface area (Å²) in [5, 5.41) is 14.5. The normalized spacial score (nSPS) is 11.1. The van der Waals surface area contributed by atoms with Crippen LogP contribution < -0.4 is 10.6 Å². The summed E-state index contributed by atoms with van der Waals surface area (Å²) in [7, 11) is 0. The van der Waals surface area contributed by atoms with Gasteiger partial charge >= 0.3 is 12.0 Å². The molecule has 0 heterocycles. The molecule has 0 aromatic rings. The largest absolute Gasteiger partial charge is 0.480 e. The highest BCUT2D eigenvalue weighted by molar-refractivity contribution is 5.85. The van der Waals surface area contributed by atoms with Crippen molar-refractivity contribution in [1.82, 2.24) is 15.5 Å². The van der Waals surface area contributed by atoms with E-state index in [9.17, 15) is 14.4 Å². The lowest BCUT2D eigenvalue weighted by molar-refractivity contribution is -0.147. The lowest BCUT2D eigenvalue weighted by Gasteiger charge is -2.34. The van der Waals surface area contributed by atoms with Crippen molar-refractivity contribution < 1.29 is 19.5 Å². The number of nitrogens with one attached hydrogen (secondary N) is 2. The van der Waals surface area contributed by atoms with Crippen LogP contribution in [0.1, 0.15) is 41.0 Å². The number of hydrogen-bond donors (Lipinski definition) is 3. The van der Waals surface area contributed by atoms with Gasteiger partial charge in [0.2, 0.25) is 5.91 Å². The fourth-order valence-corrected chi connectivity index (χ4v) is 1.69. The maximum atomic E-state index is 12.0. The number of rotatable bonds is 8. The Labute approximate surface area is 126 Å². The van der Waals surface area contributed by atoms with E-state index < -0.39 is 17.5 Å². The molecule has 0 aliphatic heterocycles. The van der Waals surface area contributed by atoms with E-state index in [1.807, 2.05) is 13.8 Å². The fraction of sp³-hybridized carbons (Fsp3) is 0.786. The molecule has 0 radical (unpaired) electrons. The van der Waals surface area contributed by atoms with E-state index in [-0.39, 0.29) is 25.4 Å². The molecule has 0 fully saturated rings. The molecule has 3 amide bonds. The zero-order valence-electron chi connectivity index (χ0n) is 13.5. The Balaban J connectivity index is 4.30. The van der Waals surface area contributed by atoms with E-state index in [4.69, 9.17) is 5.11 Å². The Bertz CT molecular complexity index is 380. The second-order valence-electron chi connectivity index (χ2n) is 5.79. The van der Waals surface area contributed by atoms with Crippen molar-refractivity contribution in [2.75, 3.05) is 19.6 Å². The summed E-state index contributed by atoms with van der Waals surface area (Å²) < 4.78 is 0. The summed E-state index contributed by atoms with van der Waals surface area (Å²) in [4.78, 5) is 35.9. The van der Waals surface area contributed by atoms with Crippen molar-refractivity contribution in [1.29, 1.82) is 0 Å². The van der Waals surface area contributed by atoms with Crippen molar-refractivity contribution in [3.63, 3.8) is 0 Å². The summed E-state index contributed by atoms with van der Waals surface area (Å²) in [6.45, 7) is 9.67. The summed E-state index contributed by atoms with van der Waals surface area (Å²) in [6, 6.07) is -0.485. The Morgan fingerprint density at radius 3 is 2.19 bits per heavy atom. The van der Waals surface area contributed by atoms with E-state index in [2.05, 4.69) is 10.6 Å². The number of carbonyl (C=O) groups excluding carboxylic acids is 2. The Morgan fingerprint density at radius 1 is 1.19 bits per heavy atom. The number of carbonyl (C=O) groups is 3. The molecule has 0 aliphatic rings. The second kappa shape index (κ2) is 8.49. The van der Waals surface area contributed by atoms with Crippen molar-refractivity contribution in [2.24, 2.45) is 5.92 Å². The highest BCUT2D eigenvalue weighted by atomic mass is 16.4. The Morgan fingerprint density at radius 2 is 1.76 bits per heavy atom. The zero-order valence-corrected chi connectivity index (χ0v) is 13.5. The lowest BCUT2D eigenvalue weighted by atomic mass is 10.0. The van der Waals surface area contributed by atoms with Gasteiger partial charge in [0.15, 0.2) is 0 Å². The summed E-state index contributed by atoms with van der Waals surface area (Å²) >= 11 is 0. The van der Waals surface area contributed by atoms with Crippen LogP contribution >= 0.6 is 0 Å². The topological polar surface area (TPSA) is 98.7 Å². The number of likely N-dealkylation sites (N-methyl/N-ethyl adjacent to an activating group) is 1. The molecule has 0 aromatic carbocycles. The van der Waals surface area contributed by atoms with Gasteiger partial charge in [-0.3, -0.25) is 4.79 Å². The molecule has 0 spiro atoms. The third kappa shape index (κ3) is 6.46. The van der Waals surface area contributed by atoms with Gasteiger partial charge in [0.1, 0.15) is 5.54 Å². The number of nitrogens with zero attached hydrogens (tertiary/aromatic N) is 1. The van der Waals surface area contributed by atoms with Crippen LogP contribution in [0.4, 0.5) is 4.79 Å². The SMILES string of the molecule is CCN(C(=O)NCCC(=O)NCC(C)C)C(C)(C)C(=O)O. The number of urea groups is 1. The highest BCUT2D eigenvalue weighted by Gasteiger charge is 2.36. The number of carboxylic acids is 1. The smallest absolute Gasteiger partial charge is 0.329 e. The second-order valence-corrected chi connectivity index (χ2v) is 5.79. The first-order chi connectivity index (χ1) is 9.62. The van der Waals surface area contributed by atoms with Gasteiger partial charge in [-0.15, -0.1) is 0 Å². The number of hydrogen-bond acceptors (Lipinski definition) is 3. The number of carboxylic acid groups (broad SMARTS) is 1. The van der Waals surface area contributed by atoms with Crippen molar-refractivity contribution in [3.05, 3.63) is 0 Å². The van der Waals surface area contributed by atoms with Crippen LogP contribution in [0.3, 0.4) is 0 Å². The molecule has 7 nitrogen and oxygen atoms in total. The van der Waals surface area contributed by atoms with Gasteiger partial charge in [-0.2, -0.15) is 0 Å². The van der Waals surface area contributed by atoms with E-state index in [0.29, 0.717) is 12.5 Å². The van der Waals surface area contributed by atoms with Crippen molar-refractivity contribution in [3.8, 4) is 0 Å². The molecule has 0 unspecified atom stereocenters. The first-order valence-electron chi connectivity index (χ1n) is 7.18. The highest BCUT2D eigenvalue weighted by Crippen LogP contribution is 2.14. The minimum atomic E-state index is -1.29. The average Bonchev–Trinajstić information content (AvgIpc) is 2.36. The van der Waals surface area contributed by atoms with Crippen molar-refractivity contribution in [2.45, 2.75) is 46.6 Å². The predicted octanol–water partition coefficient (Wildman–Crippen LogP) is 1.04. The molecule has 0 aromatic heterocycles. The third-order valence-corrected chi connectivity index (χ3v) is 3.10. The molecule has 21 heavy (non-hydrogen) atoms. The van der Waals surface area contributed by atoms with Crippen LogP contribution in [0.5, 0.6) is 0 Å². The van der Waals surface area contributed by atoms with Crippen LogP contribution in [0.2, 0.25) is 0 Å². The maximum absolute atomic E-state index is 12.0. The number of amides is 3. The fourth-order valence-electron chi connectivity index (χ4n) is 1.69. The van der Waals surface area contributed by atoms with Gasteiger partial charge < -0.3 is 20.6 Å². The van der Waals surface area contributed by atoms with Gasteiger partial charge in [-0.1, -0.05) is 13.8 Å². The molecule has 0 saturated heterocycles. The molecule has 0 saturated carbocycles. The third-order valence-electron chi connectivity index (χ3n) is 3.10. The summed E-state index contributed by atoms with van der Waals surface area (Å²) in [5.74, 6) is -0.839. The van der Waals surface area contributed by atoms with Gasteiger partial charge in [0.25, 0.3) is 0 Å². The van der Waals surface area contributed by atoms with E-state index in [1.165, 1.54) is 18.7 Å². The molecule has 0 rings (SSSR count). The predicted molar refractivity (Wildman–Crippen MR) is 80.0 cm³/mol. The van der Waals surface area contributed by atoms with E-state index >= 15 is 0 Å². The minimum Gasteiger partial charge on any atom is -0.480 e. The molecule has 0 bridgehead atoms. The molecule has 0 aliphatic carbocycles. The van der Waals surface area contributed by atoms with Crippen LogP contribution in [-0.2, 0) is 9.59 Å². The lowest BCUT2D eigenvalue weighted by Crippen LogP contribution is -2.56. The summed E-state index contributed by atoms with van der Waals surface area (Å²) in [5.41, 5.74) is -1.29. The molecule has 3 N–H and O–H groups in total. The standard InChI is InChI=1S/C14H27N3O4/c1-6-17(14(4,5)12(19)20)13(21)15-8-7-11(18)16-9-10(2)3/h10H,6-9H2,1-5H3,(H,15,21)(H,16,18)(H,19,20). The average molecular weight is 301 g/mol. The van der Waals surface area contributed by atoms with E-state index in [1.54, 1.807) is 6.92 Å². The number of aliphatic carboxylic acids is 1. The van der Waals surface area contributed by atoms with Gasteiger partial charge in [-0.25, -0.2) is 9.59 Å². The molecule has 122 valence electrons. The molecular weight excluding hydrogens is 274 g/mol. The Hall–Kier alpha value is -1.79. The maximum Gasteiger partial charge on any atom is 0.329 e. The molecule has 7 heteroatoms. The summed E-state index contributed by atoms with van der Waals surface area (Å²) in [6.07, 6.45) is 0.170. The Kier molecular flexibility index (Phi) is 7.76. The minimum absolute atomic E-state index is 0.135.